The number of nitrogens with two attached hydrogens (primary N) is 1. The number of fused-ring (bicyclic) bond motifs is 1. The molecule has 0 radical (unpaired) electrons. The van der Waals surface area contributed by atoms with Gasteiger partial charge < -0.3 is 14.9 Å². The lowest BCUT2D eigenvalue weighted by atomic mass is 10.1. The van der Waals surface area contributed by atoms with Crippen molar-refractivity contribution in [2.45, 2.75) is 42.8 Å². The largest absolute Gasteiger partial charge is 0.588 e. The number of hydrogen-bond donors (Lipinski definition) is 2. The van der Waals surface area contributed by atoms with Crippen molar-refractivity contribution in [3.63, 3.8) is 0 Å². The highest BCUT2D eigenvalue weighted by Gasteiger charge is 2.34. The van der Waals surface area contributed by atoms with Gasteiger partial charge in [-0.2, -0.15) is 13.2 Å². The summed E-state index contributed by atoms with van der Waals surface area (Å²) in [5, 5.41) is -0.308. The summed E-state index contributed by atoms with van der Waals surface area (Å²) in [5.74, 6) is -0.478. The van der Waals surface area contributed by atoms with E-state index in [-0.39, 0.29) is 22.4 Å². The summed E-state index contributed by atoms with van der Waals surface area (Å²) in [6.07, 6.45) is 2.84. The van der Waals surface area contributed by atoms with Crippen molar-refractivity contribution >= 4 is 57.1 Å². The van der Waals surface area contributed by atoms with Crippen molar-refractivity contribution in [1.82, 2.24) is 14.5 Å². The molecule has 1 saturated carbocycles. The van der Waals surface area contributed by atoms with Crippen LogP contribution in [0, 0.1) is 5.82 Å². The molecule has 0 aliphatic heterocycles. The second kappa shape index (κ2) is 9.86. The van der Waals surface area contributed by atoms with Crippen LogP contribution in [0.5, 0.6) is 0 Å². The average Bonchev–Trinajstić information content (AvgIpc) is 3.48. The van der Waals surface area contributed by atoms with Gasteiger partial charge in [-0.25, -0.2) is 19.1 Å². The molecule has 194 valence electrons. The van der Waals surface area contributed by atoms with E-state index in [1.54, 1.807) is 6.07 Å². The van der Waals surface area contributed by atoms with E-state index in [4.69, 9.17) is 28.9 Å². The Labute approximate surface area is 222 Å². The van der Waals surface area contributed by atoms with E-state index in [0.29, 0.717) is 34.3 Å². The maximum atomic E-state index is 15.2. The van der Waals surface area contributed by atoms with Crippen LogP contribution in [0.4, 0.5) is 29.1 Å². The number of nitrogens with one attached hydrogen (secondary N) is 1. The van der Waals surface area contributed by atoms with Crippen LogP contribution in [-0.4, -0.2) is 19.1 Å². The highest BCUT2D eigenvalue weighted by Crippen LogP contribution is 2.41. The van der Waals surface area contributed by atoms with Crippen LogP contribution in [0.2, 0.25) is 10.0 Å². The van der Waals surface area contributed by atoms with Gasteiger partial charge in [-0.05, 0) is 42.7 Å². The highest BCUT2D eigenvalue weighted by molar-refractivity contribution is 7.93. The maximum absolute atomic E-state index is 15.2. The smallest absolute Gasteiger partial charge is 0.416 e. The van der Waals surface area contributed by atoms with Gasteiger partial charge in [0.25, 0.3) is 0 Å². The summed E-state index contributed by atoms with van der Waals surface area (Å²) in [6.45, 7) is 0. The molecule has 1 aliphatic rings. The fourth-order valence-corrected chi connectivity index (χ4v) is 6.45. The van der Waals surface area contributed by atoms with E-state index in [0.717, 1.165) is 25.7 Å². The molecule has 2 aromatic carbocycles. The molecule has 1 atom stereocenters. The highest BCUT2D eigenvalue weighted by atomic mass is 35.5. The summed E-state index contributed by atoms with van der Waals surface area (Å²) < 4.78 is 71.5. The minimum atomic E-state index is -4.68. The molecule has 0 spiro atoms. The average molecular weight is 572 g/mol. The SMILES string of the molecule is Nc1ncnc2c1c(-c1ccc(N[S+]([O-])c3c(Cl)cc(C(F)(F)F)cc3Cl)c(F)c1)cn2C1CCCC1. The van der Waals surface area contributed by atoms with Crippen molar-refractivity contribution in [3.8, 4) is 11.1 Å². The fourth-order valence-electron chi connectivity index (χ4n) is 4.61. The first-order valence-corrected chi connectivity index (χ1v) is 13.1. The van der Waals surface area contributed by atoms with E-state index in [9.17, 15) is 17.7 Å². The Morgan fingerprint density at radius 1 is 1.08 bits per heavy atom. The lowest BCUT2D eigenvalue weighted by molar-refractivity contribution is -0.137. The predicted octanol–water partition coefficient (Wildman–Crippen LogP) is 7.40. The van der Waals surface area contributed by atoms with Crippen molar-refractivity contribution in [2.75, 3.05) is 10.5 Å². The number of benzene rings is 2. The number of alkyl halides is 3. The molecule has 4 aromatic rings. The lowest BCUT2D eigenvalue weighted by Gasteiger charge is -2.16. The standard InChI is InChI=1S/C24H19Cl2F4N5OS/c25-16-8-13(24(28,29)30)9-17(26)21(16)37(36)34-19-6-5-12(7-18(19)27)15-10-35(14-3-1-2-4-14)23-20(15)22(31)32-11-33-23/h5-11,14,34H,1-4H2,(H2,31,32,33). The molecule has 0 bridgehead atoms. The summed E-state index contributed by atoms with van der Waals surface area (Å²) in [4.78, 5) is 8.22. The van der Waals surface area contributed by atoms with Crippen LogP contribution in [-0.2, 0) is 17.5 Å². The number of aromatic nitrogens is 3. The Morgan fingerprint density at radius 3 is 2.38 bits per heavy atom. The van der Waals surface area contributed by atoms with Gasteiger partial charge in [0.1, 0.15) is 44.9 Å². The first kappa shape index (κ1) is 25.9. The normalized spacial score (nSPS) is 15.4. The molecule has 5 rings (SSSR count). The van der Waals surface area contributed by atoms with Gasteiger partial charge in [0, 0.05) is 17.8 Å². The van der Waals surface area contributed by atoms with Gasteiger partial charge in [0.15, 0.2) is 5.82 Å². The first-order valence-electron chi connectivity index (χ1n) is 11.2. The third kappa shape index (κ3) is 4.93. The molecule has 2 heterocycles. The van der Waals surface area contributed by atoms with Gasteiger partial charge in [-0.15, -0.1) is 0 Å². The topological polar surface area (TPSA) is 91.8 Å². The van der Waals surface area contributed by atoms with E-state index in [1.807, 2.05) is 6.20 Å². The van der Waals surface area contributed by atoms with Crippen molar-refractivity contribution < 1.29 is 22.1 Å². The molecule has 1 fully saturated rings. The molecular formula is C24H19Cl2F4N5OS. The van der Waals surface area contributed by atoms with E-state index in [2.05, 4.69) is 19.3 Å². The first-order chi connectivity index (χ1) is 17.5. The summed E-state index contributed by atoms with van der Waals surface area (Å²) in [6, 6.07) is 5.72. The molecule has 6 nitrogen and oxygen atoms in total. The monoisotopic (exact) mass is 571 g/mol. The molecule has 1 unspecified atom stereocenters. The van der Waals surface area contributed by atoms with Crippen molar-refractivity contribution in [1.29, 1.82) is 0 Å². The zero-order valence-corrected chi connectivity index (χ0v) is 21.3. The molecule has 37 heavy (non-hydrogen) atoms. The molecule has 2 aromatic heterocycles. The van der Waals surface area contributed by atoms with Crippen LogP contribution >= 0.6 is 23.2 Å². The minimum absolute atomic E-state index is 0.155. The van der Waals surface area contributed by atoms with E-state index >= 15 is 4.39 Å². The molecule has 1 aliphatic carbocycles. The van der Waals surface area contributed by atoms with Crippen molar-refractivity contribution in [2.24, 2.45) is 0 Å². The maximum Gasteiger partial charge on any atom is 0.416 e. The number of rotatable bonds is 5. The summed E-state index contributed by atoms with van der Waals surface area (Å²) in [5.41, 5.74) is 6.75. The Kier molecular flexibility index (Phi) is 6.90. The van der Waals surface area contributed by atoms with E-state index < -0.39 is 39.0 Å². The number of hydrogen-bond acceptors (Lipinski definition) is 5. The summed E-state index contributed by atoms with van der Waals surface area (Å²) >= 11 is 9.63. The van der Waals surface area contributed by atoms with Crippen LogP contribution in [0.1, 0.15) is 37.3 Å². The van der Waals surface area contributed by atoms with E-state index in [1.165, 1.54) is 18.5 Å². The molecule has 0 saturated heterocycles. The number of nitrogen functional groups attached to an aromatic ring is 1. The van der Waals surface area contributed by atoms with Crippen LogP contribution in [0.15, 0.2) is 47.8 Å². The second-order valence-corrected chi connectivity index (χ2v) is 10.6. The summed E-state index contributed by atoms with van der Waals surface area (Å²) in [7, 11) is 0. The Bertz CT molecular complexity index is 1470. The second-order valence-electron chi connectivity index (χ2n) is 8.68. The number of nitrogens with zero attached hydrogens (tertiary/aromatic N) is 3. The molecule has 0 amide bonds. The van der Waals surface area contributed by atoms with Crippen LogP contribution in [0.25, 0.3) is 22.2 Å². The molecule has 3 N–H and O–H groups in total. The lowest BCUT2D eigenvalue weighted by Crippen LogP contribution is -2.16. The molecule has 13 heteroatoms. The van der Waals surface area contributed by atoms with Gasteiger partial charge in [0.05, 0.1) is 10.9 Å². The van der Waals surface area contributed by atoms with Gasteiger partial charge in [-0.3, -0.25) is 0 Å². The number of anilines is 2. The van der Waals surface area contributed by atoms with Crippen LogP contribution < -0.4 is 10.5 Å². The van der Waals surface area contributed by atoms with Gasteiger partial charge in [-0.1, -0.05) is 42.1 Å². The third-order valence-electron chi connectivity index (χ3n) is 6.35. The number of halogens is 6. The Hall–Kier alpha value is -2.73. The fraction of sp³-hybridized carbons (Fsp3) is 0.250. The third-order valence-corrected chi connectivity index (χ3v) is 8.39. The zero-order chi connectivity index (χ0) is 26.5. The van der Waals surface area contributed by atoms with Gasteiger partial charge >= 0.3 is 6.18 Å². The predicted molar refractivity (Wildman–Crippen MR) is 136 cm³/mol. The molecular weight excluding hydrogens is 553 g/mol. The zero-order valence-electron chi connectivity index (χ0n) is 19.0. The van der Waals surface area contributed by atoms with Crippen LogP contribution in [0.3, 0.4) is 0 Å². The Balaban J connectivity index is 1.47. The quantitative estimate of drug-likeness (QED) is 0.192. The Morgan fingerprint density at radius 2 is 1.76 bits per heavy atom. The minimum Gasteiger partial charge on any atom is -0.588 e. The van der Waals surface area contributed by atoms with Crippen molar-refractivity contribution in [3.05, 3.63) is 64.3 Å². The van der Waals surface area contributed by atoms with Gasteiger partial charge in [0.2, 0.25) is 4.90 Å².